The number of nitrogens with one attached hydrogen (secondary N) is 1. The van der Waals surface area contributed by atoms with E-state index in [0.29, 0.717) is 11.7 Å². The average Bonchev–Trinajstić information content (AvgIpc) is 3.54. The van der Waals surface area contributed by atoms with Crippen molar-refractivity contribution in [2.24, 2.45) is 0 Å². The minimum Gasteiger partial charge on any atom is -0.459 e. The zero-order chi connectivity index (χ0) is 24.4. The van der Waals surface area contributed by atoms with Crippen molar-refractivity contribution in [2.45, 2.75) is 58.4 Å². The molecule has 5 rings (SSSR count). The lowest BCUT2D eigenvalue weighted by Gasteiger charge is -2.40. The predicted molar refractivity (Wildman–Crippen MR) is 144 cm³/mol. The van der Waals surface area contributed by atoms with E-state index in [2.05, 4.69) is 60.2 Å². The van der Waals surface area contributed by atoms with Gasteiger partial charge in [0.05, 0.1) is 12.3 Å². The van der Waals surface area contributed by atoms with Gasteiger partial charge in [-0.25, -0.2) is 0 Å². The third kappa shape index (κ3) is 5.11. The Morgan fingerprint density at radius 1 is 1.03 bits per heavy atom. The van der Waals surface area contributed by atoms with Crippen LogP contribution in [-0.2, 0) is 12.8 Å². The molecule has 0 saturated carbocycles. The van der Waals surface area contributed by atoms with Crippen LogP contribution in [0, 0.1) is 0 Å². The summed E-state index contributed by atoms with van der Waals surface area (Å²) in [6.07, 6.45) is 6.19. The van der Waals surface area contributed by atoms with Crippen LogP contribution in [-0.4, -0.2) is 48.4 Å². The average molecular weight is 492 g/mol. The van der Waals surface area contributed by atoms with Gasteiger partial charge in [-0.1, -0.05) is 45.0 Å². The van der Waals surface area contributed by atoms with Gasteiger partial charge in [-0.2, -0.15) is 0 Å². The zero-order valence-electron chi connectivity index (χ0n) is 21.2. The number of amides is 1. The van der Waals surface area contributed by atoms with Gasteiger partial charge in [0.25, 0.3) is 5.91 Å². The van der Waals surface area contributed by atoms with E-state index >= 15 is 0 Å². The SMILES string of the molecule is CCN1CCN([C@@H](c2ccc(C(C)C)cc2)c2c(NC(=O)c3ccco3)sc3c2CCCC3)CC1. The molecule has 0 bridgehead atoms. The Kier molecular flexibility index (Phi) is 7.42. The number of thiophene rings is 1. The van der Waals surface area contributed by atoms with Crippen LogP contribution >= 0.6 is 11.3 Å². The van der Waals surface area contributed by atoms with Crippen LogP contribution in [0.5, 0.6) is 0 Å². The van der Waals surface area contributed by atoms with Gasteiger partial charge < -0.3 is 14.6 Å². The molecule has 186 valence electrons. The van der Waals surface area contributed by atoms with E-state index < -0.39 is 0 Å². The van der Waals surface area contributed by atoms with Gasteiger partial charge >= 0.3 is 0 Å². The highest BCUT2D eigenvalue weighted by molar-refractivity contribution is 7.16. The fourth-order valence-corrected chi connectivity index (χ4v) is 6.82. The van der Waals surface area contributed by atoms with E-state index in [0.717, 1.165) is 50.6 Å². The molecular formula is C29H37N3O2S. The number of hydrogen-bond acceptors (Lipinski definition) is 5. The van der Waals surface area contributed by atoms with Crippen LogP contribution in [0.1, 0.15) is 83.3 Å². The number of hydrogen-bond donors (Lipinski definition) is 1. The highest BCUT2D eigenvalue weighted by atomic mass is 32.1. The molecule has 1 aromatic carbocycles. The number of carbonyl (C=O) groups is 1. The van der Waals surface area contributed by atoms with Crippen LogP contribution < -0.4 is 5.32 Å². The van der Waals surface area contributed by atoms with Crippen LogP contribution in [0.2, 0.25) is 0 Å². The van der Waals surface area contributed by atoms with Crippen LogP contribution in [0.25, 0.3) is 0 Å². The van der Waals surface area contributed by atoms with Crippen molar-refractivity contribution in [1.82, 2.24) is 9.80 Å². The monoisotopic (exact) mass is 491 g/mol. The number of carbonyl (C=O) groups excluding carboxylic acids is 1. The second-order valence-electron chi connectivity index (χ2n) is 10.1. The van der Waals surface area contributed by atoms with E-state index in [1.54, 1.807) is 29.7 Å². The first-order valence-corrected chi connectivity index (χ1v) is 13.9. The summed E-state index contributed by atoms with van der Waals surface area (Å²) in [6, 6.07) is 12.8. The third-order valence-corrected chi connectivity index (χ3v) is 8.82. The molecule has 1 aliphatic carbocycles. The highest BCUT2D eigenvalue weighted by Gasteiger charge is 2.33. The number of fused-ring (bicyclic) bond motifs is 1. The summed E-state index contributed by atoms with van der Waals surface area (Å²) in [5.74, 6) is 0.698. The quantitative estimate of drug-likeness (QED) is 0.420. The summed E-state index contributed by atoms with van der Waals surface area (Å²) in [4.78, 5) is 19.7. The summed E-state index contributed by atoms with van der Waals surface area (Å²) in [7, 11) is 0. The first kappa shape index (κ1) is 24.3. The van der Waals surface area contributed by atoms with Gasteiger partial charge in [0, 0.05) is 36.6 Å². The van der Waals surface area contributed by atoms with Crippen molar-refractivity contribution in [3.63, 3.8) is 0 Å². The van der Waals surface area contributed by atoms with Crippen molar-refractivity contribution >= 4 is 22.2 Å². The maximum Gasteiger partial charge on any atom is 0.291 e. The first-order valence-electron chi connectivity index (χ1n) is 13.1. The second kappa shape index (κ2) is 10.7. The predicted octanol–water partition coefficient (Wildman–Crippen LogP) is 6.32. The molecule has 1 fully saturated rings. The molecule has 1 amide bonds. The van der Waals surface area contributed by atoms with Crippen molar-refractivity contribution < 1.29 is 9.21 Å². The summed E-state index contributed by atoms with van der Waals surface area (Å²) in [5, 5.41) is 4.25. The molecule has 1 N–H and O–H groups in total. The fourth-order valence-electron chi connectivity index (χ4n) is 5.51. The van der Waals surface area contributed by atoms with E-state index in [1.165, 1.54) is 40.0 Å². The largest absolute Gasteiger partial charge is 0.459 e. The van der Waals surface area contributed by atoms with Gasteiger partial charge in [0.1, 0.15) is 5.00 Å². The Morgan fingerprint density at radius 3 is 2.40 bits per heavy atom. The topological polar surface area (TPSA) is 48.7 Å². The second-order valence-corrected chi connectivity index (χ2v) is 11.2. The highest BCUT2D eigenvalue weighted by Crippen LogP contribution is 2.46. The third-order valence-electron chi connectivity index (χ3n) is 7.60. The van der Waals surface area contributed by atoms with Crippen molar-refractivity contribution in [3.05, 3.63) is 75.6 Å². The molecule has 0 spiro atoms. The molecule has 5 nitrogen and oxygen atoms in total. The molecule has 3 aromatic rings. The maximum absolute atomic E-state index is 13.1. The Morgan fingerprint density at radius 2 is 1.74 bits per heavy atom. The number of benzene rings is 1. The van der Waals surface area contributed by atoms with Crippen LogP contribution in [0.4, 0.5) is 5.00 Å². The lowest BCUT2D eigenvalue weighted by atomic mass is 9.87. The van der Waals surface area contributed by atoms with Gasteiger partial charge in [-0.15, -0.1) is 11.3 Å². The zero-order valence-corrected chi connectivity index (χ0v) is 22.0. The fraction of sp³-hybridized carbons (Fsp3) is 0.483. The van der Waals surface area contributed by atoms with Crippen molar-refractivity contribution in [3.8, 4) is 0 Å². The molecule has 0 radical (unpaired) electrons. The van der Waals surface area contributed by atoms with Gasteiger partial charge in [-0.3, -0.25) is 9.69 Å². The Balaban J connectivity index is 1.58. The van der Waals surface area contributed by atoms with Crippen LogP contribution in [0.15, 0.2) is 47.1 Å². The van der Waals surface area contributed by atoms with E-state index in [9.17, 15) is 4.79 Å². The number of piperazine rings is 1. The molecule has 1 aliphatic heterocycles. The molecular weight excluding hydrogens is 454 g/mol. The lowest BCUT2D eigenvalue weighted by molar-refractivity contribution is 0.0995. The smallest absolute Gasteiger partial charge is 0.291 e. The van der Waals surface area contributed by atoms with Crippen LogP contribution in [0.3, 0.4) is 0 Å². The maximum atomic E-state index is 13.1. The molecule has 2 aliphatic rings. The molecule has 3 heterocycles. The number of furan rings is 1. The minimum atomic E-state index is -0.167. The van der Waals surface area contributed by atoms with Gasteiger partial charge in [0.2, 0.25) is 0 Å². The van der Waals surface area contributed by atoms with E-state index in [4.69, 9.17) is 4.42 Å². The summed E-state index contributed by atoms with van der Waals surface area (Å²) < 4.78 is 5.41. The molecule has 2 aromatic heterocycles. The summed E-state index contributed by atoms with van der Waals surface area (Å²) in [5.41, 5.74) is 5.46. The number of nitrogens with zero attached hydrogens (tertiary/aromatic N) is 2. The van der Waals surface area contributed by atoms with E-state index in [1.807, 2.05) is 0 Å². The Hall–Kier alpha value is -2.41. The van der Waals surface area contributed by atoms with Gasteiger partial charge in [0.15, 0.2) is 5.76 Å². The molecule has 1 atom stereocenters. The Labute approximate surface area is 213 Å². The van der Waals surface area contributed by atoms with E-state index in [-0.39, 0.29) is 11.9 Å². The normalized spacial score (nSPS) is 17.9. The van der Waals surface area contributed by atoms with Crippen molar-refractivity contribution in [1.29, 1.82) is 0 Å². The number of rotatable bonds is 7. The number of aryl methyl sites for hydroxylation is 1. The molecule has 1 saturated heterocycles. The minimum absolute atomic E-state index is 0.139. The lowest BCUT2D eigenvalue weighted by Crippen LogP contribution is -2.47. The number of likely N-dealkylation sites (N-methyl/N-ethyl adjacent to an activating group) is 1. The molecule has 6 heteroatoms. The first-order chi connectivity index (χ1) is 17.0. The van der Waals surface area contributed by atoms with Gasteiger partial charge in [-0.05, 0) is 67.0 Å². The molecule has 0 unspecified atom stereocenters. The standard InChI is InChI=1S/C29H37N3O2S/c1-4-31-15-17-32(18-16-31)27(22-13-11-21(12-14-22)20(2)3)26-23-8-5-6-10-25(23)35-29(26)30-28(33)24-9-7-19-34-24/h7,9,11-14,19-20,27H,4-6,8,10,15-18H2,1-3H3,(H,30,33)/t27-/m0/s1. The Bertz CT molecular complexity index is 1130. The summed E-state index contributed by atoms with van der Waals surface area (Å²) in [6.45, 7) is 12.0. The molecule has 35 heavy (non-hydrogen) atoms. The number of anilines is 1. The summed E-state index contributed by atoms with van der Waals surface area (Å²) >= 11 is 1.78. The van der Waals surface area contributed by atoms with Crippen molar-refractivity contribution in [2.75, 3.05) is 38.0 Å².